The van der Waals surface area contributed by atoms with Crippen LogP contribution in [0.1, 0.15) is 49.3 Å². The fraction of sp³-hybridized carbons (Fsp3) is 0.387. The molecule has 3 aromatic carbocycles. The molecule has 3 aromatic rings. The molecule has 1 aliphatic heterocycles. The lowest BCUT2D eigenvalue weighted by molar-refractivity contribution is -0.384. The van der Waals surface area contributed by atoms with Crippen LogP contribution in [0, 0.1) is 21.4 Å². The number of non-ortho nitro benzene ring substituents is 1. The lowest BCUT2D eigenvalue weighted by atomic mass is 9.93. The number of ether oxygens (including phenoxy) is 1. The minimum absolute atomic E-state index is 0.0732. The van der Waals surface area contributed by atoms with Crippen LogP contribution < -0.4 is 4.74 Å². The molecule has 8 heteroatoms. The number of nitriles is 1. The monoisotopic (exact) mass is 542 g/mol. The number of hydrogen-bond acceptors (Lipinski definition) is 7. The van der Waals surface area contributed by atoms with E-state index in [4.69, 9.17) is 4.74 Å². The van der Waals surface area contributed by atoms with Crippen LogP contribution >= 0.6 is 11.8 Å². The molecule has 2 fully saturated rings. The molecule has 1 heterocycles. The average molecular weight is 543 g/mol. The summed E-state index contributed by atoms with van der Waals surface area (Å²) in [4.78, 5) is 17.6. The first-order valence-electron chi connectivity index (χ1n) is 13.7. The number of hydrogen-bond donors (Lipinski definition) is 0. The van der Waals surface area contributed by atoms with Crippen LogP contribution in [0.4, 0.5) is 5.69 Å². The topological polar surface area (TPSA) is 82.6 Å². The fourth-order valence-corrected chi connectivity index (χ4v) is 6.33. The molecule has 0 bridgehead atoms. The first-order chi connectivity index (χ1) is 19.1. The molecule has 0 spiro atoms. The first-order valence-corrected chi connectivity index (χ1v) is 14.5. The maximum absolute atomic E-state index is 10.8. The molecule has 1 saturated carbocycles. The second kappa shape index (κ2) is 13.1. The lowest BCUT2D eigenvalue weighted by Crippen LogP contribution is -2.51. The summed E-state index contributed by atoms with van der Waals surface area (Å²) in [6.45, 7) is 4.37. The van der Waals surface area contributed by atoms with Gasteiger partial charge in [0.05, 0.1) is 11.0 Å². The van der Waals surface area contributed by atoms with E-state index in [0.717, 1.165) is 58.9 Å². The Morgan fingerprint density at radius 2 is 1.51 bits per heavy atom. The van der Waals surface area contributed by atoms with Crippen LogP contribution in [-0.2, 0) is 6.61 Å². The van der Waals surface area contributed by atoms with Gasteiger partial charge in [0.2, 0.25) is 0 Å². The molecule has 0 amide bonds. The molecular formula is C31H34N4O3S. The second-order valence-electron chi connectivity index (χ2n) is 10.3. The second-order valence-corrected chi connectivity index (χ2v) is 11.4. The van der Waals surface area contributed by atoms with Gasteiger partial charge in [-0.1, -0.05) is 43.2 Å². The molecule has 0 N–H and O–H groups in total. The Morgan fingerprint density at radius 3 is 2.10 bits per heavy atom. The maximum atomic E-state index is 10.8. The zero-order chi connectivity index (χ0) is 27.0. The Labute approximate surface area is 234 Å². The summed E-state index contributed by atoms with van der Waals surface area (Å²) >= 11 is 1.67. The summed E-state index contributed by atoms with van der Waals surface area (Å²) in [6.07, 6.45) is 6.76. The SMILES string of the molecule is N#CC(c1ccc(Sc2ccc(OCc3ccc([N+](=O)[O-])cc3)cc2)cc1)N1CCN(C2CCCCC2)CC1. The van der Waals surface area contributed by atoms with E-state index in [1.165, 1.54) is 44.2 Å². The molecule has 202 valence electrons. The van der Waals surface area contributed by atoms with Crippen molar-refractivity contribution in [3.05, 3.63) is 94.0 Å². The predicted octanol–water partition coefficient (Wildman–Crippen LogP) is 6.84. The van der Waals surface area contributed by atoms with Crippen LogP contribution in [0.2, 0.25) is 0 Å². The number of benzene rings is 3. The third-order valence-electron chi connectivity index (χ3n) is 7.74. The van der Waals surface area contributed by atoms with E-state index in [1.807, 2.05) is 24.3 Å². The molecule has 0 radical (unpaired) electrons. The summed E-state index contributed by atoms with van der Waals surface area (Å²) in [5.41, 5.74) is 2.01. The van der Waals surface area contributed by atoms with Crippen LogP contribution in [0.3, 0.4) is 0 Å². The Hall–Kier alpha value is -3.38. The van der Waals surface area contributed by atoms with E-state index >= 15 is 0 Å². The predicted molar refractivity (Wildman–Crippen MR) is 153 cm³/mol. The van der Waals surface area contributed by atoms with Gasteiger partial charge >= 0.3 is 0 Å². The number of nitrogens with zero attached hydrogens (tertiary/aromatic N) is 4. The highest BCUT2D eigenvalue weighted by Gasteiger charge is 2.29. The first kappa shape index (κ1) is 27.2. The molecule has 2 aliphatic rings. The minimum atomic E-state index is -0.407. The summed E-state index contributed by atoms with van der Waals surface area (Å²) in [7, 11) is 0. The van der Waals surface area contributed by atoms with Crippen molar-refractivity contribution in [3.63, 3.8) is 0 Å². The molecular weight excluding hydrogens is 508 g/mol. The Morgan fingerprint density at radius 1 is 0.897 bits per heavy atom. The molecule has 1 atom stereocenters. The minimum Gasteiger partial charge on any atom is -0.489 e. The van der Waals surface area contributed by atoms with Gasteiger partial charge in [-0.15, -0.1) is 0 Å². The van der Waals surface area contributed by atoms with Crippen LogP contribution in [-0.4, -0.2) is 46.9 Å². The molecule has 1 unspecified atom stereocenters. The normalized spacial score (nSPS) is 17.8. The van der Waals surface area contributed by atoms with Crippen molar-refractivity contribution in [1.29, 1.82) is 5.26 Å². The molecule has 1 saturated heterocycles. The summed E-state index contributed by atoms with van der Waals surface area (Å²) in [5.74, 6) is 0.744. The van der Waals surface area contributed by atoms with Crippen molar-refractivity contribution in [2.45, 2.75) is 60.6 Å². The van der Waals surface area contributed by atoms with Gasteiger partial charge in [0, 0.05) is 54.1 Å². The van der Waals surface area contributed by atoms with Gasteiger partial charge in [-0.3, -0.25) is 19.9 Å². The van der Waals surface area contributed by atoms with Gasteiger partial charge in [-0.2, -0.15) is 5.26 Å². The third kappa shape index (κ3) is 7.18. The van der Waals surface area contributed by atoms with Crippen molar-refractivity contribution in [2.75, 3.05) is 26.2 Å². The van der Waals surface area contributed by atoms with Crippen LogP contribution in [0.5, 0.6) is 5.75 Å². The van der Waals surface area contributed by atoms with Crippen LogP contribution in [0.15, 0.2) is 82.6 Å². The zero-order valence-corrected chi connectivity index (χ0v) is 22.9. The lowest BCUT2D eigenvalue weighted by Gasteiger charge is -2.42. The molecule has 5 rings (SSSR count). The Balaban J connectivity index is 1.11. The Kier molecular flexibility index (Phi) is 9.15. The van der Waals surface area contributed by atoms with E-state index in [0.29, 0.717) is 6.61 Å². The number of rotatable bonds is 9. The standard InChI is InChI=1S/C31H34N4O3S/c32-22-31(34-20-18-33(19-21-34)26-4-2-1-3-5-26)25-8-14-29(15-9-25)39-30-16-12-28(13-17-30)38-23-24-6-10-27(11-7-24)35(36)37/h6-17,26,31H,1-5,18-21,23H2. The highest BCUT2D eigenvalue weighted by Crippen LogP contribution is 2.32. The van der Waals surface area contributed by atoms with Crippen LogP contribution in [0.25, 0.3) is 0 Å². The van der Waals surface area contributed by atoms with E-state index in [9.17, 15) is 15.4 Å². The quantitative estimate of drug-likeness (QED) is 0.216. The van der Waals surface area contributed by atoms with E-state index in [1.54, 1.807) is 23.9 Å². The molecule has 0 aromatic heterocycles. The summed E-state index contributed by atoms with van der Waals surface area (Å²) in [5, 5.41) is 20.8. The van der Waals surface area contributed by atoms with Gasteiger partial charge in [0.25, 0.3) is 5.69 Å². The highest BCUT2D eigenvalue weighted by molar-refractivity contribution is 7.99. The average Bonchev–Trinajstić information content (AvgIpc) is 2.99. The van der Waals surface area contributed by atoms with Gasteiger partial charge in [-0.25, -0.2) is 0 Å². The largest absolute Gasteiger partial charge is 0.489 e. The van der Waals surface area contributed by atoms with E-state index in [-0.39, 0.29) is 11.7 Å². The summed E-state index contributed by atoms with van der Waals surface area (Å²) in [6, 6.07) is 25.8. The zero-order valence-electron chi connectivity index (χ0n) is 22.1. The molecule has 1 aliphatic carbocycles. The van der Waals surface area contributed by atoms with E-state index in [2.05, 4.69) is 40.1 Å². The fourth-order valence-electron chi connectivity index (χ4n) is 5.51. The van der Waals surface area contributed by atoms with Gasteiger partial charge in [0.15, 0.2) is 0 Å². The Bertz CT molecular complexity index is 1260. The number of nitro benzene ring substituents is 1. The van der Waals surface area contributed by atoms with Gasteiger partial charge in [0.1, 0.15) is 18.4 Å². The molecule has 7 nitrogen and oxygen atoms in total. The van der Waals surface area contributed by atoms with Crippen molar-refractivity contribution in [3.8, 4) is 11.8 Å². The van der Waals surface area contributed by atoms with E-state index < -0.39 is 4.92 Å². The highest BCUT2D eigenvalue weighted by atomic mass is 32.2. The van der Waals surface area contributed by atoms with Crippen molar-refractivity contribution in [1.82, 2.24) is 9.80 Å². The maximum Gasteiger partial charge on any atom is 0.269 e. The van der Waals surface area contributed by atoms with Crippen molar-refractivity contribution >= 4 is 17.4 Å². The number of nitro groups is 1. The smallest absolute Gasteiger partial charge is 0.269 e. The van der Waals surface area contributed by atoms with Crippen molar-refractivity contribution in [2.24, 2.45) is 0 Å². The third-order valence-corrected chi connectivity index (χ3v) is 8.75. The van der Waals surface area contributed by atoms with Crippen molar-refractivity contribution < 1.29 is 9.66 Å². The van der Waals surface area contributed by atoms with Gasteiger partial charge < -0.3 is 4.74 Å². The van der Waals surface area contributed by atoms with Gasteiger partial charge in [-0.05, 0) is 72.5 Å². The molecule has 39 heavy (non-hydrogen) atoms. The summed E-state index contributed by atoms with van der Waals surface area (Å²) < 4.78 is 5.83. The number of piperazine rings is 1.